The third kappa shape index (κ3) is 4.23. The van der Waals surface area contributed by atoms with Crippen LogP contribution in [0.5, 0.6) is 0 Å². The van der Waals surface area contributed by atoms with Gasteiger partial charge in [-0.2, -0.15) is 5.10 Å². The standard InChI is InChI=1S/C19H28N4O/c1-16-19(15-20-9-6-10-22-11-13-24-14-12-22)17(2)23(21-16)18-7-4-3-5-8-18/h3-5,7-8,20H,6,9-15H2,1-2H3. The monoisotopic (exact) mass is 328 g/mol. The minimum atomic E-state index is 0.879. The molecule has 0 radical (unpaired) electrons. The molecule has 5 nitrogen and oxygen atoms in total. The Morgan fingerprint density at radius 3 is 2.62 bits per heavy atom. The van der Waals surface area contributed by atoms with E-state index in [1.165, 1.54) is 17.7 Å². The molecular weight excluding hydrogens is 300 g/mol. The summed E-state index contributed by atoms with van der Waals surface area (Å²) in [4.78, 5) is 2.48. The summed E-state index contributed by atoms with van der Waals surface area (Å²) in [6.07, 6.45) is 1.17. The Morgan fingerprint density at radius 2 is 1.88 bits per heavy atom. The van der Waals surface area contributed by atoms with E-state index in [1.54, 1.807) is 0 Å². The van der Waals surface area contributed by atoms with E-state index in [9.17, 15) is 0 Å². The van der Waals surface area contributed by atoms with Crippen LogP contribution in [0.3, 0.4) is 0 Å². The van der Waals surface area contributed by atoms with Gasteiger partial charge in [-0.05, 0) is 45.5 Å². The molecule has 0 saturated carbocycles. The minimum absolute atomic E-state index is 0.879. The van der Waals surface area contributed by atoms with Crippen molar-refractivity contribution >= 4 is 0 Å². The fourth-order valence-electron chi connectivity index (χ4n) is 3.22. The molecule has 5 heteroatoms. The van der Waals surface area contributed by atoms with Crippen LogP contribution in [-0.4, -0.2) is 54.1 Å². The molecule has 1 fully saturated rings. The minimum Gasteiger partial charge on any atom is -0.379 e. The molecule has 1 N–H and O–H groups in total. The van der Waals surface area contributed by atoms with Gasteiger partial charge in [0.15, 0.2) is 0 Å². The third-order valence-electron chi connectivity index (χ3n) is 4.68. The summed E-state index contributed by atoms with van der Waals surface area (Å²) in [5.74, 6) is 0. The zero-order valence-corrected chi connectivity index (χ0v) is 14.8. The van der Waals surface area contributed by atoms with Crippen LogP contribution in [0.4, 0.5) is 0 Å². The summed E-state index contributed by atoms with van der Waals surface area (Å²) in [6.45, 7) is 11.2. The highest BCUT2D eigenvalue weighted by Crippen LogP contribution is 2.17. The second kappa shape index (κ2) is 8.42. The highest BCUT2D eigenvalue weighted by molar-refractivity contribution is 5.36. The van der Waals surface area contributed by atoms with Gasteiger partial charge in [0.25, 0.3) is 0 Å². The van der Waals surface area contributed by atoms with E-state index in [0.29, 0.717) is 0 Å². The van der Waals surface area contributed by atoms with Crippen molar-refractivity contribution < 1.29 is 4.74 Å². The number of morpholine rings is 1. The van der Waals surface area contributed by atoms with Crippen LogP contribution in [0.15, 0.2) is 30.3 Å². The first-order valence-corrected chi connectivity index (χ1v) is 8.87. The fraction of sp³-hybridized carbons (Fsp3) is 0.526. The van der Waals surface area contributed by atoms with Gasteiger partial charge in [0.2, 0.25) is 0 Å². The lowest BCUT2D eigenvalue weighted by molar-refractivity contribution is 0.0374. The summed E-state index contributed by atoms with van der Waals surface area (Å²) in [6, 6.07) is 10.3. The fourth-order valence-corrected chi connectivity index (χ4v) is 3.22. The van der Waals surface area contributed by atoms with Crippen molar-refractivity contribution in [3.63, 3.8) is 0 Å². The molecule has 0 aliphatic carbocycles. The lowest BCUT2D eigenvalue weighted by Gasteiger charge is -2.26. The molecule has 0 bridgehead atoms. The first kappa shape index (κ1) is 17.1. The van der Waals surface area contributed by atoms with Crippen molar-refractivity contribution in [2.24, 2.45) is 0 Å². The Morgan fingerprint density at radius 1 is 1.12 bits per heavy atom. The number of hydrogen-bond acceptors (Lipinski definition) is 4. The molecule has 0 unspecified atom stereocenters. The molecule has 1 saturated heterocycles. The lowest BCUT2D eigenvalue weighted by Crippen LogP contribution is -2.37. The first-order valence-electron chi connectivity index (χ1n) is 8.87. The average molecular weight is 328 g/mol. The molecule has 0 atom stereocenters. The first-order chi connectivity index (χ1) is 11.8. The number of nitrogens with one attached hydrogen (secondary N) is 1. The smallest absolute Gasteiger partial charge is 0.0648 e. The molecule has 1 aromatic heterocycles. The van der Waals surface area contributed by atoms with E-state index >= 15 is 0 Å². The van der Waals surface area contributed by atoms with Gasteiger partial charge in [0, 0.05) is 30.9 Å². The van der Waals surface area contributed by atoms with Crippen molar-refractivity contribution in [1.29, 1.82) is 0 Å². The molecule has 0 amide bonds. The summed E-state index contributed by atoms with van der Waals surface area (Å²) < 4.78 is 7.43. The summed E-state index contributed by atoms with van der Waals surface area (Å²) in [5.41, 5.74) is 4.76. The normalized spacial score (nSPS) is 15.8. The zero-order valence-electron chi connectivity index (χ0n) is 14.8. The highest BCUT2D eigenvalue weighted by atomic mass is 16.5. The average Bonchev–Trinajstić information content (AvgIpc) is 2.91. The van der Waals surface area contributed by atoms with Crippen LogP contribution in [0.1, 0.15) is 23.4 Å². The second-order valence-electron chi connectivity index (χ2n) is 6.38. The zero-order chi connectivity index (χ0) is 16.8. The van der Waals surface area contributed by atoms with Crippen molar-refractivity contribution in [3.8, 4) is 5.69 Å². The van der Waals surface area contributed by atoms with Crippen molar-refractivity contribution in [1.82, 2.24) is 20.0 Å². The van der Waals surface area contributed by atoms with Crippen LogP contribution < -0.4 is 5.32 Å². The Balaban J connectivity index is 1.49. The van der Waals surface area contributed by atoms with E-state index in [2.05, 4.69) is 48.3 Å². The topological polar surface area (TPSA) is 42.3 Å². The van der Waals surface area contributed by atoms with Crippen molar-refractivity contribution in [3.05, 3.63) is 47.3 Å². The maximum atomic E-state index is 5.38. The molecule has 130 valence electrons. The molecule has 1 aliphatic rings. The van der Waals surface area contributed by atoms with Crippen LogP contribution in [0.25, 0.3) is 5.69 Å². The van der Waals surface area contributed by atoms with Gasteiger partial charge in [-0.1, -0.05) is 18.2 Å². The number of benzene rings is 1. The highest BCUT2D eigenvalue weighted by Gasteiger charge is 2.12. The van der Waals surface area contributed by atoms with Crippen LogP contribution in [0.2, 0.25) is 0 Å². The van der Waals surface area contributed by atoms with Crippen LogP contribution in [-0.2, 0) is 11.3 Å². The Labute approximate surface area is 144 Å². The summed E-state index contributed by atoms with van der Waals surface area (Å²) >= 11 is 0. The van der Waals surface area contributed by atoms with Gasteiger partial charge < -0.3 is 10.1 Å². The maximum Gasteiger partial charge on any atom is 0.0648 e. The number of aryl methyl sites for hydroxylation is 1. The number of para-hydroxylation sites is 1. The van der Waals surface area contributed by atoms with E-state index in [4.69, 9.17) is 9.84 Å². The predicted octanol–water partition coefficient (Wildman–Crippen LogP) is 2.30. The van der Waals surface area contributed by atoms with Crippen LogP contribution in [0, 0.1) is 13.8 Å². The van der Waals surface area contributed by atoms with E-state index in [0.717, 1.165) is 57.3 Å². The van der Waals surface area contributed by atoms with Gasteiger partial charge in [-0.25, -0.2) is 4.68 Å². The number of hydrogen-bond donors (Lipinski definition) is 1. The lowest BCUT2D eigenvalue weighted by atomic mass is 10.2. The Bertz CT molecular complexity index is 632. The number of ether oxygens (including phenoxy) is 1. The number of rotatable bonds is 7. The molecular formula is C19H28N4O. The predicted molar refractivity (Wildman–Crippen MR) is 96.6 cm³/mol. The van der Waals surface area contributed by atoms with Gasteiger partial charge in [0.1, 0.15) is 0 Å². The van der Waals surface area contributed by atoms with E-state index in [1.807, 2.05) is 10.7 Å². The third-order valence-corrected chi connectivity index (χ3v) is 4.68. The van der Waals surface area contributed by atoms with Gasteiger partial charge in [-0.3, -0.25) is 4.90 Å². The van der Waals surface area contributed by atoms with Crippen LogP contribution >= 0.6 is 0 Å². The Kier molecular flexibility index (Phi) is 6.01. The van der Waals surface area contributed by atoms with Crippen molar-refractivity contribution in [2.75, 3.05) is 39.4 Å². The molecule has 3 rings (SSSR count). The molecule has 1 aliphatic heterocycles. The number of nitrogens with zero attached hydrogens (tertiary/aromatic N) is 3. The molecule has 2 aromatic rings. The van der Waals surface area contributed by atoms with Gasteiger partial charge in [-0.15, -0.1) is 0 Å². The second-order valence-corrected chi connectivity index (χ2v) is 6.38. The summed E-state index contributed by atoms with van der Waals surface area (Å²) in [7, 11) is 0. The largest absolute Gasteiger partial charge is 0.379 e. The van der Waals surface area contributed by atoms with E-state index < -0.39 is 0 Å². The van der Waals surface area contributed by atoms with E-state index in [-0.39, 0.29) is 0 Å². The molecule has 0 spiro atoms. The number of aromatic nitrogens is 2. The summed E-state index contributed by atoms with van der Waals surface area (Å²) in [5, 5.41) is 8.28. The molecule has 2 heterocycles. The van der Waals surface area contributed by atoms with Gasteiger partial charge >= 0.3 is 0 Å². The van der Waals surface area contributed by atoms with Crippen molar-refractivity contribution in [2.45, 2.75) is 26.8 Å². The Hall–Kier alpha value is -1.69. The SMILES string of the molecule is Cc1nn(-c2ccccc2)c(C)c1CNCCCN1CCOCC1. The quantitative estimate of drug-likeness (QED) is 0.792. The molecule has 24 heavy (non-hydrogen) atoms. The molecule has 1 aromatic carbocycles. The van der Waals surface area contributed by atoms with Gasteiger partial charge in [0.05, 0.1) is 24.6 Å². The maximum absolute atomic E-state index is 5.38.